The van der Waals surface area contributed by atoms with E-state index in [0.29, 0.717) is 6.42 Å². The van der Waals surface area contributed by atoms with Gasteiger partial charge in [-0.2, -0.15) is 0 Å². The number of carboxylic acid groups (broad SMARTS) is 1. The van der Waals surface area contributed by atoms with Gasteiger partial charge in [0.15, 0.2) is 0 Å². The predicted molar refractivity (Wildman–Crippen MR) is 52.6 cm³/mol. The molecule has 0 heterocycles. The third-order valence-corrected chi connectivity index (χ3v) is 2.11. The molecule has 78 valence electrons. The minimum Gasteiger partial charge on any atom is -0.480 e. The summed E-state index contributed by atoms with van der Waals surface area (Å²) < 4.78 is 0. The van der Waals surface area contributed by atoms with Gasteiger partial charge in [-0.05, 0) is 33.4 Å². The molecule has 0 aliphatic rings. The van der Waals surface area contributed by atoms with E-state index in [1.807, 2.05) is 7.05 Å². The average molecular weight is 188 g/mol. The smallest absolute Gasteiger partial charge is 0.323 e. The first kappa shape index (κ1) is 12.4. The molecule has 0 aromatic rings. The molecule has 0 aliphatic heterocycles. The molecule has 0 aromatic heterocycles. The lowest BCUT2D eigenvalue weighted by atomic mass is 9.99. The van der Waals surface area contributed by atoms with E-state index in [0.717, 1.165) is 19.5 Å². The number of carboxylic acids is 1. The monoisotopic (exact) mass is 188 g/mol. The van der Waals surface area contributed by atoms with Crippen molar-refractivity contribution in [2.24, 2.45) is 5.73 Å². The quantitative estimate of drug-likeness (QED) is 0.637. The molecule has 0 spiro atoms. The lowest BCUT2D eigenvalue weighted by Crippen LogP contribution is -2.47. The number of aliphatic carboxylic acids is 1. The minimum atomic E-state index is -1.10. The molecule has 4 nitrogen and oxygen atoms in total. The summed E-state index contributed by atoms with van der Waals surface area (Å²) in [7, 11) is 1.97. The maximum Gasteiger partial charge on any atom is 0.323 e. The third-order valence-electron chi connectivity index (χ3n) is 2.11. The molecule has 1 atom stereocenters. The van der Waals surface area contributed by atoms with Crippen LogP contribution in [0.15, 0.2) is 0 Å². The molecule has 0 radical (unpaired) electrons. The van der Waals surface area contributed by atoms with Crippen LogP contribution in [0.1, 0.15) is 26.7 Å². The van der Waals surface area contributed by atoms with E-state index < -0.39 is 11.5 Å². The van der Waals surface area contributed by atoms with E-state index in [1.54, 1.807) is 6.92 Å². The van der Waals surface area contributed by atoms with Gasteiger partial charge in [0.1, 0.15) is 5.54 Å². The van der Waals surface area contributed by atoms with Crippen LogP contribution in [-0.4, -0.2) is 41.7 Å². The van der Waals surface area contributed by atoms with Gasteiger partial charge in [0, 0.05) is 6.54 Å². The van der Waals surface area contributed by atoms with Crippen molar-refractivity contribution in [2.75, 3.05) is 20.1 Å². The third kappa shape index (κ3) is 4.85. The Balaban J connectivity index is 3.80. The minimum absolute atomic E-state index is 0.485. The van der Waals surface area contributed by atoms with E-state index in [1.165, 1.54) is 0 Å². The van der Waals surface area contributed by atoms with Crippen LogP contribution in [0.2, 0.25) is 0 Å². The Labute approximate surface area is 79.7 Å². The van der Waals surface area contributed by atoms with Crippen molar-refractivity contribution in [3.8, 4) is 0 Å². The fourth-order valence-corrected chi connectivity index (χ4v) is 1.02. The number of nitrogens with zero attached hydrogens (tertiary/aromatic N) is 1. The van der Waals surface area contributed by atoms with E-state index in [2.05, 4.69) is 11.8 Å². The van der Waals surface area contributed by atoms with Crippen LogP contribution in [0.4, 0.5) is 0 Å². The maximum absolute atomic E-state index is 10.6. The first-order valence-corrected chi connectivity index (χ1v) is 4.61. The average Bonchev–Trinajstić information content (AvgIpc) is 2.01. The number of hydrogen-bond donors (Lipinski definition) is 2. The van der Waals surface area contributed by atoms with Crippen LogP contribution in [0.3, 0.4) is 0 Å². The Morgan fingerprint density at radius 3 is 2.46 bits per heavy atom. The highest BCUT2D eigenvalue weighted by molar-refractivity contribution is 5.77. The zero-order chi connectivity index (χ0) is 10.5. The van der Waals surface area contributed by atoms with E-state index in [9.17, 15) is 4.79 Å². The van der Waals surface area contributed by atoms with E-state index in [4.69, 9.17) is 10.8 Å². The molecule has 0 bridgehead atoms. The second kappa shape index (κ2) is 5.19. The van der Waals surface area contributed by atoms with Crippen molar-refractivity contribution in [2.45, 2.75) is 32.2 Å². The summed E-state index contributed by atoms with van der Waals surface area (Å²) >= 11 is 0. The number of nitrogens with two attached hydrogens (primary N) is 1. The van der Waals surface area contributed by atoms with Gasteiger partial charge >= 0.3 is 5.97 Å². The molecular formula is C9H20N2O2. The number of rotatable bonds is 6. The molecule has 0 rings (SSSR count). The number of carbonyl (C=O) groups is 1. The fraction of sp³-hybridized carbons (Fsp3) is 0.889. The summed E-state index contributed by atoms with van der Waals surface area (Å²) in [4.78, 5) is 12.7. The predicted octanol–water partition coefficient (Wildman–Crippen LogP) is 0.520. The van der Waals surface area contributed by atoms with Crippen molar-refractivity contribution in [3.63, 3.8) is 0 Å². The largest absolute Gasteiger partial charge is 0.480 e. The van der Waals surface area contributed by atoms with Crippen LogP contribution in [0, 0.1) is 0 Å². The standard InChI is InChI=1S/C9H20N2O2/c1-4-6-11(3)7-5-9(2,10)8(12)13/h4-7,10H2,1-3H3,(H,12,13). The van der Waals surface area contributed by atoms with Gasteiger partial charge in [-0.1, -0.05) is 6.92 Å². The van der Waals surface area contributed by atoms with Gasteiger partial charge in [0.25, 0.3) is 0 Å². The zero-order valence-electron chi connectivity index (χ0n) is 8.71. The topological polar surface area (TPSA) is 66.6 Å². The summed E-state index contributed by atoms with van der Waals surface area (Å²) in [6.07, 6.45) is 1.56. The lowest BCUT2D eigenvalue weighted by Gasteiger charge is -2.23. The molecule has 3 N–H and O–H groups in total. The fourth-order valence-electron chi connectivity index (χ4n) is 1.02. The SMILES string of the molecule is CCCN(C)CCC(C)(N)C(=O)O. The molecule has 1 unspecified atom stereocenters. The van der Waals surface area contributed by atoms with Crippen molar-refractivity contribution < 1.29 is 9.90 Å². The van der Waals surface area contributed by atoms with Crippen LogP contribution >= 0.6 is 0 Å². The first-order chi connectivity index (χ1) is 5.90. The van der Waals surface area contributed by atoms with Gasteiger partial charge in [-0.3, -0.25) is 4.79 Å². The molecule has 0 saturated carbocycles. The van der Waals surface area contributed by atoms with Gasteiger partial charge in [0.05, 0.1) is 0 Å². The molecule has 4 heteroatoms. The highest BCUT2D eigenvalue weighted by Crippen LogP contribution is 2.06. The summed E-state index contributed by atoms with van der Waals surface area (Å²) in [5, 5.41) is 8.74. The number of hydrogen-bond acceptors (Lipinski definition) is 3. The Hall–Kier alpha value is -0.610. The van der Waals surface area contributed by atoms with Gasteiger partial charge in [0.2, 0.25) is 0 Å². The molecule has 0 aromatic carbocycles. The Morgan fingerprint density at radius 1 is 1.54 bits per heavy atom. The molecule has 0 aliphatic carbocycles. The summed E-state index contributed by atoms with van der Waals surface area (Å²) in [5.74, 6) is -0.933. The highest BCUT2D eigenvalue weighted by Gasteiger charge is 2.27. The van der Waals surface area contributed by atoms with E-state index in [-0.39, 0.29) is 0 Å². The van der Waals surface area contributed by atoms with Gasteiger partial charge < -0.3 is 15.7 Å². The highest BCUT2D eigenvalue weighted by atomic mass is 16.4. The second-order valence-electron chi connectivity index (χ2n) is 3.78. The first-order valence-electron chi connectivity index (χ1n) is 4.61. The molecular weight excluding hydrogens is 168 g/mol. The molecule has 0 amide bonds. The van der Waals surface area contributed by atoms with Crippen molar-refractivity contribution >= 4 is 5.97 Å². The van der Waals surface area contributed by atoms with Crippen molar-refractivity contribution in [1.82, 2.24) is 4.90 Å². The van der Waals surface area contributed by atoms with Gasteiger partial charge in [-0.25, -0.2) is 0 Å². The molecule has 0 saturated heterocycles. The second-order valence-corrected chi connectivity index (χ2v) is 3.78. The summed E-state index contributed by atoms with van der Waals surface area (Å²) in [6.45, 7) is 5.35. The summed E-state index contributed by atoms with van der Waals surface area (Å²) in [5.41, 5.74) is 4.48. The van der Waals surface area contributed by atoms with Crippen LogP contribution in [0.25, 0.3) is 0 Å². The van der Waals surface area contributed by atoms with Crippen molar-refractivity contribution in [1.29, 1.82) is 0 Å². The Bertz CT molecular complexity index is 169. The van der Waals surface area contributed by atoms with Crippen LogP contribution in [-0.2, 0) is 4.79 Å². The van der Waals surface area contributed by atoms with Gasteiger partial charge in [-0.15, -0.1) is 0 Å². The van der Waals surface area contributed by atoms with Crippen molar-refractivity contribution in [3.05, 3.63) is 0 Å². The zero-order valence-corrected chi connectivity index (χ0v) is 8.71. The lowest BCUT2D eigenvalue weighted by molar-refractivity contribution is -0.143. The maximum atomic E-state index is 10.6. The van der Waals surface area contributed by atoms with Crippen LogP contribution in [0.5, 0.6) is 0 Å². The normalized spacial score (nSPS) is 15.8. The Morgan fingerprint density at radius 2 is 2.08 bits per heavy atom. The Kier molecular flexibility index (Phi) is 4.95. The van der Waals surface area contributed by atoms with E-state index >= 15 is 0 Å². The van der Waals surface area contributed by atoms with Crippen LogP contribution < -0.4 is 5.73 Å². The molecule has 13 heavy (non-hydrogen) atoms. The summed E-state index contributed by atoms with van der Waals surface area (Å²) in [6, 6.07) is 0. The molecule has 0 fully saturated rings.